The molecule has 7 heteroatoms. The van der Waals surface area contributed by atoms with Crippen LogP contribution < -0.4 is 0 Å². The van der Waals surface area contributed by atoms with Crippen molar-refractivity contribution in [3.05, 3.63) is 11.5 Å². The van der Waals surface area contributed by atoms with Crippen molar-refractivity contribution in [3.63, 3.8) is 0 Å². The van der Waals surface area contributed by atoms with Gasteiger partial charge in [0.1, 0.15) is 0 Å². The Balaban J connectivity index is 0. The van der Waals surface area contributed by atoms with Crippen LogP contribution in [-0.4, -0.2) is 42.5 Å². The minimum Gasteiger partial charge on any atom is -0.501 e. The molecule has 0 bridgehead atoms. The fourth-order valence-corrected chi connectivity index (χ4v) is 2.05. The number of thiocarbonyl (C=S) groups is 2. The molecule has 24 heavy (non-hydrogen) atoms. The summed E-state index contributed by atoms with van der Waals surface area (Å²) in [6.07, 6.45) is 9.89. The average molecular weight is 377 g/mol. The van der Waals surface area contributed by atoms with Crippen LogP contribution in [0.4, 0.5) is 0 Å². The SMILES string of the molecule is CCCCCCCCCCCC(=O)O.OC(=C=S)C(O)C(O)=C=S. The first-order chi connectivity index (χ1) is 11.4. The summed E-state index contributed by atoms with van der Waals surface area (Å²) in [5.74, 6) is -1.96. The molecule has 0 aromatic carbocycles. The Labute approximate surface area is 154 Å². The van der Waals surface area contributed by atoms with Gasteiger partial charge in [0.15, 0.2) is 17.6 Å². The summed E-state index contributed by atoms with van der Waals surface area (Å²) < 4.78 is 0. The topological polar surface area (TPSA) is 98.0 Å². The normalized spacial score (nSPS) is 10.6. The quantitative estimate of drug-likeness (QED) is 0.227. The van der Waals surface area contributed by atoms with Crippen LogP contribution in [0.2, 0.25) is 0 Å². The van der Waals surface area contributed by atoms with Crippen LogP contribution in [0.5, 0.6) is 0 Å². The Morgan fingerprint density at radius 1 is 0.833 bits per heavy atom. The number of aliphatic carboxylic acids is 1. The molecule has 0 aliphatic heterocycles. The van der Waals surface area contributed by atoms with Gasteiger partial charge >= 0.3 is 5.97 Å². The molecule has 0 aliphatic rings. The van der Waals surface area contributed by atoms with E-state index in [0.29, 0.717) is 6.42 Å². The first kappa shape index (κ1) is 25.0. The molecule has 0 radical (unpaired) electrons. The highest BCUT2D eigenvalue weighted by Gasteiger charge is 2.13. The monoisotopic (exact) mass is 376 g/mol. The summed E-state index contributed by atoms with van der Waals surface area (Å²) in [6.45, 7) is 2.23. The number of carboxylic acids is 1. The summed E-state index contributed by atoms with van der Waals surface area (Å²) in [5, 5.41) is 38.0. The lowest BCUT2D eigenvalue weighted by atomic mass is 10.1. The van der Waals surface area contributed by atoms with Gasteiger partial charge in [-0.25, -0.2) is 0 Å². The highest BCUT2D eigenvalue weighted by Crippen LogP contribution is 2.10. The van der Waals surface area contributed by atoms with Crippen LogP contribution in [0.3, 0.4) is 0 Å². The van der Waals surface area contributed by atoms with Crippen LogP contribution in [-0.2, 0) is 4.79 Å². The van der Waals surface area contributed by atoms with Gasteiger partial charge in [-0.05, 0) is 40.9 Å². The van der Waals surface area contributed by atoms with E-state index in [4.69, 9.17) is 20.4 Å². The summed E-state index contributed by atoms with van der Waals surface area (Å²) in [4.78, 5) is 10.2. The van der Waals surface area contributed by atoms with Gasteiger partial charge in [-0.1, -0.05) is 58.3 Å². The van der Waals surface area contributed by atoms with E-state index in [0.717, 1.165) is 12.8 Å². The molecule has 5 nitrogen and oxygen atoms in total. The second-order valence-corrected chi connectivity index (χ2v) is 5.76. The van der Waals surface area contributed by atoms with Crippen molar-refractivity contribution in [2.45, 2.75) is 77.2 Å². The number of aliphatic hydroxyl groups is 3. The molecule has 0 aromatic heterocycles. The highest BCUT2D eigenvalue weighted by molar-refractivity contribution is 7.78. The maximum Gasteiger partial charge on any atom is 0.303 e. The molecular formula is C17H28O5S2. The second kappa shape index (κ2) is 18.1. The van der Waals surface area contributed by atoms with Gasteiger partial charge in [0, 0.05) is 6.42 Å². The molecule has 0 heterocycles. The number of carboxylic acid groups (broad SMARTS) is 1. The largest absolute Gasteiger partial charge is 0.501 e. The van der Waals surface area contributed by atoms with Crippen LogP contribution in [0.25, 0.3) is 0 Å². The van der Waals surface area contributed by atoms with E-state index in [1.807, 2.05) is 10.0 Å². The molecule has 0 spiro atoms. The third kappa shape index (κ3) is 17.1. The lowest BCUT2D eigenvalue weighted by Gasteiger charge is -2.02. The van der Waals surface area contributed by atoms with E-state index in [1.54, 1.807) is 0 Å². The van der Waals surface area contributed by atoms with Gasteiger partial charge in [-0.2, -0.15) is 0 Å². The summed E-state index contributed by atoms with van der Waals surface area (Å²) >= 11 is 8.27. The third-order valence-electron chi connectivity index (χ3n) is 3.22. The third-order valence-corrected chi connectivity index (χ3v) is 3.64. The lowest BCUT2D eigenvalue weighted by molar-refractivity contribution is -0.137. The zero-order valence-corrected chi connectivity index (χ0v) is 15.8. The summed E-state index contributed by atoms with van der Waals surface area (Å²) in [5.41, 5.74) is 0. The van der Waals surface area contributed by atoms with Crippen molar-refractivity contribution >= 4 is 40.5 Å². The Hall–Kier alpha value is -1.23. The predicted molar refractivity (Wildman–Crippen MR) is 103 cm³/mol. The van der Waals surface area contributed by atoms with Crippen molar-refractivity contribution in [1.29, 1.82) is 0 Å². The lowest BCUT2D eigenvalue weighted by Crippen LogP contribution is -2.13. The standard InChI is InChI=1S/C12H24O2.C5H4O3S2/c1-2-3-4-5-6-7-8-9-10-11-12(13)14;6-3(1-9)5(8)4(7)2-10/h2-11H2,1H3,(H,13,14);5-8H. The van der Waals surface area contributed by atoms with Crippen LogP contribution in [0, 0.1) is 0 Å². The molecule has 0 saturated carbocycles. The molecular weight excluding hydrogens is 348 g/mol. The molecule has 0 atom stereocenters. The Kier molecular flexibility index (Phi) is 18.9. The van der Waals surface area contributed by atoms with E-state index < -0.39 is 23.6 Å². The molecule has 138 valence electrons. The molecule has 0 saturated heterocycles. The zero-order valence-electron chi connectivity index (χ0n) is 14.2. The average Bonchev–Trinajstić information content (AvgIpc) is 2.58. The van der Waals surface area contributed by atoms with E-state index >= 15 is 0 Å². The smallest absolute Gasteiger partial charge is 0.303 e. The van der Waals surface area contributed by atoms with E-state index in [1.165, 1.54) is 44.9 Å². The van der Waals surface area contributed by atoms with Crippen molar-refractivity contribution in [2.75, 3.05) is 0 Å². The zero-order chi connectivity index (χ0) is 18.8. The van der Waals surface area contributed by atoms with Crippen molar-refractivity contribution in [1.82, 2.24) is 0 Å². The maximum atomic E-state index is 10.2. The van der Waals surface area contributed by atoms with Gasteiger partial charge in [0.2, 0.25) is 0 Å². The molecule has 0 aromatic rings. The van der Waals surface area contributed by atoms with Gasteiger partial charge in [-0.3, -0.25) is 4.79 Å². The first-order valence-electron chi connectivity index (χ1n) is 8.18. The minimum atomic E-state index is -1.59. The number of carbonyl (C=O) groups is 1. The van der Waals surface area contributed by atoms with E-state index in [2.05, 4.69) is 31.4 Å². The molecule has 0 aliphatic carbocycles. The fraction of sp³-hybridized carbons (Fsp3) is 0.706. The Morgan fingerprint density at radius 2 is 1.21 bits per heavy atom. The van der Waals surface area contributed by atoms with Gasteiger partial charge in [0.25, 0.3) is 0 Å². The number of aliphatic hydroxyl groups excluding tert-OH is 3. The van der Waals surface area contributed by atoms with Gasteiger partial charge in [0.05, 0.1) is 0 Å². The van der Waals surface area contributed by atoms with E-state index in [-0.39, 0.29) is 0 Å². The van der Waals surface area contributed by atoms with Crippen LogP contribution in [0.15, 0.2) is 11.5 Å². The van der Waals surface area contributed by atoms with E-state index in [9.17, 15) is 4.79 Å². The van der Waals surface area contributed by atoms with Gasteiger partial charge < -0.3 is 20.4 Å². The fourth-order valence-electron chi connectivity index (χ4n) is 1.83. The number of hydrogen-bond acceptors (Lipinski definition) is 6. The number of hydrogen-bond donors (Lipinski definition) is 4. The highest BCUT2D eigenvalue weighted by atomic mass is 32.1. The predicted octanol–water partition coefficient (Wildman–Crippen LogP) is 4.42. The van der Waals surface area contributed by atoms with Crippen molar-refractivity contribution < 1.29 is 25.2 Å². The molecule has 0 amide bonds. The number of rotatable bonds is 12. The minimum absolute atomic E-state index is 0.343. The first-order valence-corrected chi connectivity index (χ1v) is 9.00. The Bertz CT molecular complexity index is 414. The number of unbranched alkanes of at least 4 members (excludes halogenated alkanes) is 8. The van der Waals surface area contributed by atoms with Crippen molar-refractivity contribution in [3.8, 4) is 0 Å². The molecule has 0 fully saturated rings. The molecule has 0 unspecified atom stereocenters. The maximum absolute atomic E-state index is 10.2. The molecule has 4 N–H and O–H groups in total. The van der Waals surface area contributed by atoms with Crippen molar-refractivity contribution in [2.24, 2.45) is 0 Å². The summed E-state index contributed by atoms with van der Waals surface area (Å²) in [6, 6.07) is 0. The second-order valence-electron chi connectivity index (χ2n) is 5.35. The van der Waals surface area contributed by atoms with Gasteiger partial charge in [-0.15, -0.1) is 0 Å². The van der Waals surface area contributed by atoms with Crippen LogP contribution in [0.1, 0.15) is 71.1 Å². The summed E-state index contributed by atoms with van der Waals surface area (Å²) in [7, 11) is 0. The Morgan fingerprint density at radius 3 is 1.54 bits per heavy atom. The molecule has 0 rings (SSSR count). The van der Waals surface area contributed by atoms with Crippen LogP contribution >= 0.6 is 24.4 Å².